The van der Waals surface area contributed by atoms with E-state index in [1.807, 2.05) is 0 Å². The van der Waals surface area contributed by atoms with Gasteiger partial charge in [-0.25, -0.2) is 13.2 Å². The highest BCUT2D eigenvalue weighted by Gasteiger charge is 2.25. The molecule has 1 heterocycles. The standard InChI is InChI=1S/C20H31N3O5S/c1-20(2,3)28-19(25)22-13-12-21-18(24)16-8-10-17(11-9-16)29(26,27)23-14-6-4-5-7-15-23/h8-11H,4-7,12-15H2,1-3H3,(H,21,24)(H,22,25). The van der Waals surface area contributed by atoms with Crippen molar-refractivity contribution in [3.63, 3.8) is 0 Å². The number of benzene rings is 1. The lowest BCUT2D eigenvalue weighted by Crippen LogP contribution is -2.37. The minimum atomic E-state index is -3.53. The molecule has 1 saturated heterocycles. The average molecular weight is 426 g/mol. The molecule has 1 aliphatic heterocycles. The van der Waals surface area contributed by atoms with E-state index in [9.17, 15) is 18.0 Å². The molecule has 0 radical (unpaired) electrons. The van der Waals surface area contributed by atoms with Crippen LogP contribution in [0.15, 0.2) is 29.2 Å². The molecule has 8 nitrogen and oxygen atoms in total. The fourth-order valence-electron chi connectivity index (χ4n) is 2.97. The molecule has 1 aliphatic rings. The predicted molar refractivity (Wildman–Crippen MR) is 110 cm³/mol. The van der Waals surface area contributed by atoms with Gasteiger partial charge in [-0.15, -0.1) is 0 Å². The van der Waals surface area contributed by atoms with Crippen LogP contribution in [0.5, 0.6) is 0 Å². The molecule has 1 aromatic carbocycles. The molecule has 2 N–H and O–H groups in total. The molecule has 0 bridgehead atoms. The van der Waals surface area contributed by atoms with Gasteiger partial charge in [-0.2, -0.15) is 4.31 Å². The molecular formula is C20H31N3O5S. The van der Waals surface area contributed by atoms with Crippen molar-refractivity contribution < 1.29 is 22.7 Å². The Morgan fingerprint density at radius 3 is 2.07 bits per heavy atom. The first-order valence-electron chi connectivity index (χ1n) is 9.95. The van der Waals surface area contributed by atoms with Crippen molar-refractivity contribution in [2.24, 2.45) is 0 Å². The minimum Gasteiger partial charge on any atom is -0.444 e. The molecule has 1 aromatic rings. The first-order chi connectivity index (χ1) is 13.6. The maximum absolute atomic E-state index is 12.8. The van der Waals surface area contributed by atoms with E-state index in [0.29, 0.717) is 18.7 Å². The summed E-state index contributed by atoms with van der Waals surface area (Å²) in [7, 11) is -3.53. The number of alkyl carbamates (subject to hydrolysis) is 1. The number of carbonyl (C=O) groups is 2. The summed E-state index contributed by atoms with van der Waals surface area (Å²) >= 11 is 0. The van der Waals surface area contributed by atoms with Crippen LogP contribution in [-0.4, -0.2) is 56.5 Å². The number of amides is 2. The summed E-state index contributed by atoms with van der Waals surface area (Å²) in [4.78, 5) is 24.0. The molecule has 1 fully saturated rings. The molecule has 9 heteroatoms. The third-order valence-electron chi connectivity index (χ3n) is 4.40. The van der Waals surface area contributed by atoms with E-state index >= 15 is 0 Å². The van der Waals surface area contributed by atoms with Crippen LogP contribution in [-0.2, 0) is 14.8 Å². The fraction of sp³-hybridized carbons (Fsp3) is 0.600. The van der Waals surface area contributed by atoms with Crippen LogP contribution in [0.3, 0.4) is 0 Å². The number of nitrogens with one attached hydrogen (secondary N) is 2. The van der Waals surface area contributed by atoms with Gasteiger partial charge < -0.3 is 15.4 Å². The lowest BCUT2D eigenvalue weighted by Gasteiger charge is -2.20. The Morgan fingerprint density at radius 2 is 1.52 bits per heavy atom. The summed E-state index contributed by atoms with van der Waals surface area (Å²) < 4.78 is 32.2. The molecule has 29 heavy (non-hydrogen) atoms. The zero-order valence-corrected chi connectivity index (χ0v) is 18.2. The van der Waals surface area contributed by atoms with Crippen molar-refractivity contribution in [2.75, 3.05) is 26.2 Å². The van der Waals surface area contributed by atoms with Gasteiger partial charge in [0.1, 0.15) is 5.60 Å². The third kappa shape index (κ3) is 7.32. The zero-order valence-electron chi connectivity index (χ0n) is 17.4. The first-order valence-corrected chi connectivity index (χ1v) is 11.4. The predicted octanol–water partition coefficient (Wildman–Crippen LogP) is 2.51. The molecule has 0 aliphatic carbocycles. The van der Waals surface area contributed by atoms with Crippen LogP contribution in [0.1, 0.15) is 56.8 Å². The van der Waals surface area contributed by atoms with Crippen LogP contribution in [0.4, 0.5) is 4.79 Å². The van der Waals surface area contributed by atoms with Crippen molar-refractivity contribution in [1.82, 2.24) is 14.9 Å². The Morgan fingerprint density at radius 1 is 0.966 bits per heavy atom. The van der Waals surface area contributed by atoms with Crippen molar-refractivity contribution in [1.29, 1.82) is 0 Å². The Hall–Kier alpha value is -2.13. The summed E-state index contributed by atoms with van der Waals surface area (Å²) in [5.74, 6) is -0.338. The highest BCUT2D eigenvalue weighted by atomic mass is 32.2. The van der Waals surface area contributed by atoms with E-state index in [4.69, 9.17) is 4.74 Å². The van der Waals surface area contributed by atoms with Gasteiger partial charge in [0.15, 0.2) is 0 Å². The highest BCUT2D eigenvalue weighted by molar-refractivity contribution is 7.89. The van der Waals surface area contributed by atoms with Crippen molar-refractivity contribution in [3.8, 4) is 0 Å². The summed E-state index contributed by atoms with van der Waals surface area (Å²) in [6, 6.07) is 5.94. The maximum atomic E-state index is 12.8. The van der Waals surface area contributed by atoms with Gasteiger partial charge in [0, 0.05) is 31.7 Å². The molecule has 162 valence electrons. The van der Waals surface area contributed by atoms with Gasteiger partial charge in [0.05, 0.1) is 4.90 Å². The fourth-order valence-corrected chi connectivity index (χ4v) is 4.48. The molecule has 0 aromatic heterocycles. The average Bonchev–Trinajstić information content (AvgIpc) is 2.94. The highest BCUT2D eigenvalue weighted by Crippen LogP contribution is 2.20. The van der Waals surface area contributed by atoms with E-state index < -0.39 is 21.7 Å². The molecular weight excluding hydrogens is 394 g/mol. The van der Waals surface area contributed by atoms with Gasteiger partial charge in [-0.3, -0.25) is 4.79 Å². The van der Waals surface area contributed by atoms with E-state index in [1.54, 1.807) is 20.8 Å². The van der Waals surface area contributed by atoms with E-state index in [2.05, 4.69) is 10.6 Å². The number of ether oxygens (including phenoxy) is 1. The molecule has 0 spiro atoms. The van der Waals surface area contributed by atoms with Gasteiger partial charge >= 0.3 is 6.09 Å². The van der Waals surface area contributed by atoms with Gasteiger partial charge in [-0.1, -0.05) is 12.8 Å². The monoisotopic (exact) mass is 425 g/mol. The number of carbonyl (C=O) groups excluding carboxylic acids is 2. The Balaban J connectivity index is 1.86. The molecule has 0 atom stereocenters. The van der Waals surface area contributed by atoms with Gasteiger partial charge in [0.25, 0.3) is 5.91 Å². The van der Waals surface area contributed by atoms with Crippen molar-refractivity contribution >= 4 is 22.0 Å². The molecule has 0 saturated carbocycles. The Bertz CT molecular complexity index is 792. The SMILES string of the molecule is CC(C)(C)OC(=O)NCCNC(=O)c1ccc(S(=O)(=O)N2CCCCCC2)cc1. The van der Waals surface area contributed by atoms with Crippen LogP contribution >= 0.6 is 0 Å². The van der Waals surface area contributed by atoms with Crippen LogP contribution in [0.2, 0.25) is 0 Å². The summed E-state index contributed by atoms with van der Waals surface area (Å²) in [5, 5.41) is 5.23. The molecule has 0 unspecified atom stereocenters. The lowest BCUT2D eigenvalue weighted by atomic mass is 10.2. The van der Waals surface area contributed by atoms with E-state index in [-0.39, 0.29) is 23.9 Å². The van der Waals surface area contributed by atoms with Crippen molar-refractivity contribution in [2.45, 2.75) is 57.0 Å². The maximum Gasteiger partial charge on any atom is 0.407 e. The molecule has 2 amide bonds. The third-order valence-corrected chi connectivity index (χ3v) is 6.31. The first kappa shape index (κ1) is 23.2. The van der Waals surface area contributed by atoms with E-state index in [1.165, 1.54) is 28.6 Å². The van der Waals surface area contributed by atoms with Crippen LogP contribution in [0, 0.1) is 0 Å². The van der Waals surface area contributed by atoms with Crippen LogP contribution in [0.25, 0.3) is 0 Å². The lowest BCUT2D eigenvalue weighted by molar-refractivity contribution is 0.0526. The van der Waals surface area contributed by atoms with Gasteiger partial charge in [-0.05, 0) is 57.9 Å². The zero-order chi connectivity index (χ0) is 21.5. The normalized spacial score (nSPS) is 16.0. The minimum absolute atomic E-state index is 0.197. The topological polar surface area (TPSA) is 105 Å². The summed E-state index contributed by atoms with van der Waals surface area (Å²) in [5.41, 5.74) is -0.222. The second kappa shape index (κ2) is 10.1. The van der Waals surface area contributed by atoms with Gasteiger partial charge in [0.2, 0.25) is 10.0 Å². The van der Waals surface area contributed by atoms with Crippen molar-refractivity contribution in [3.05, 3.63) is 29.8 Å². The number of sulfonamides is 1. The number of rotatable bonds is 6. The van der Waals surface area contributed by atoms with Crippen LogP contribution < -0.4 is 10.6 Å². The van der Waals surface area contributed by atoms with E-state index in [0.717, 1.165) is 25.7 Å². The second-order valence-electron chi connectivity index (χ2n) is 8.03. The second-order valence-corrected chi connectivity index (χ2v) is 9.97. The summed E-state index contributed by atoms with van der Waals surface area (Å²) in [6.07, 6.45) is 3.30. The number of hydrogen-bond acceptors (Lipinski definition) is 5. The smallest absolute Gasteiger partial charge is 0.407 e. The number of nitrogens with zero attached hydrogens (tertiary/aromatic N) is 1. The largest absolute Gasteiger partial charge is 0.444 e. The number of hydrogen-bond donors (Lipinski definition) is 2. The summed E-state index contributed by atoms with van der Waals surface area (Å²) in [6.45, 7) is 6.83. The molecule has 2 rings (SSSR count). The Kier molecular flexibility index (Phi) is 8.04. The Labute approximate surface area is 173 Å². The quantitative estimate of drug-likeness (QED) is 0.682.